The summed E-state index contributed by atoms with van der Waals surface area (Å²) in [6.07, 6.45) is 1.09. The first-order valence-electron chi connectivity index (χ1n) is 6.04. The quantitative estimate of drug-likeness (QED) is 0.643. The van der Waals surface area contributed by atoms with Gasteiger partial charge in [-0.2, -0.15) is 0 Å². The molecule has 0 fully saturated rings. The summed E-state index contributed by atoms with van der Waals surface area (Å²) in [5, 5.41) is 19.9. The third-order valence-electron chi connectivity index (χ3n) is 3.11. The number of aromatic amines is 1. The molecule has 0 radical (unpaired) electrons. The highest BCUT2D eigenvalue weighted by Crippen LogP contribution is 2.32. The fraction of sp³-hybridized carbons (Fsp3) is 0.231. The van der Waals surface area contributed by atoms with E-state index >= 15 is 0 Å². The number of carbonyl (C=O) groups is 1. The number of rotatable bonds is 5. The molecule has 21 heavy (non-hydrogen) atoms. The third kappa shape index (κ3) is 2.83. The molecular formula is C13H13N3O5. The van der Waals surface area contributed by atoms with E-state index in [2.05, 4.69) is 9.97 Å². The van der Waals surface area contributed by atoms with Crippen molar-refractivity contribution >= 4 is 11.8 Å². The monoisotopic (exact) mass is 291 g/mol. The highest BCUT2D eigenvalue weighted by Gasteiger charge is 2.22. The average molecular weight is 291 g/mol. The Kier molecular flexibility index (Phi) is 3.88. The zero-order valence-electron chi connectivity index (χ0n) is 11.4. The number of imidazole rings is 1. The molecule has 1 unspecified atom stereocenters. The van der Waals surface area contributed by atoms with Crippen LogP contribution in [0.5, 0.6) is 5.75 Å². The Balaban J connectivity index is 2.57. The van der Waals surface area contributed by atoms with Crippen molar-refractivity contribution in [3.8, 4) is 17.1 Å². The number of nitrogens with one attached hydrogen (secondary N) is 1. The van der Waals surface area contributed by atoms with Crippen LogP contribution in [0.15, 0.2) is 24.4 Å². The first-order chi connectivity index (χ1) is 9.93. The lowest BCUT2D eigenvalue weighted by atomic mass is 9.95. The zero-order chi connectivity index (χ0) is 15.6. The van der Waals surface area contributed by atoms with Gasteiger partial charge in [0, 0.05) is 5.56 Å². The molecule has 8 heteroatoms. The molecule has 2 aromatic rings. The first kappa shape index (κ1) is 14.5. The maximum absolute atomic E-state index is 11.2. The fourth-order valence-corrected chi connectivity index (χ4v) is 1.92. The minimum Gasteiger partial charge on any atom is -0.497 e. The van der Waals surface area contributed by atoms with Crippen LogP contribution >= 0.6 is 0 Å². The lowest BCUT2D eigenvalue weighted by Crippen LogP contribution is -2.09. The number of aromatic nitrogens is 2. The summed E-state index contributed by atoms with van der Waals surface area (Å²) in [5.74, 6) is -1.31. The van der Waals surface area contributed by atoms with Crippen LogP contribution in [0.2, 0.25) is 0 Å². The van der Waals surface area contributed by atoms with Gasteiger partial charge in [0.25, 0.3) is 0 Å². The second-order valence-corrected chi connectivity index (χ2v) is 4.39. The van der Waals surface area contributed by atoms with Gasteiger partial charge in [0.15, 0.2) is 0 Å². The first-order valence-corrected chi connectivity index (χ1v) is 6.04. The zero-order valence-corrected chi connectivity index (χ0v) is 11.4. The van der Waals surface area contributed by atoms with Crippen LogP contribution in [-0.2, 0) is 4.79 Å². The molecule has 1 atom stereocenters. The van der Waals surface area contributed by atoms with Crippen molar-refractivity contribution in [3.63, 3.8) is 0 Å². The summed E-state index contributed by atoms with van der Waals surface area (Å²) in [4.78, 5) is 27.8. The van der Waals surface area contributed by atoms with Crippen LogP contribution in [0.25, 0.3) is 11.4 Å². The van der Waals surface area contributed by atoms with Crippen molar-refractivity contribution in [1.29, 1.82) is 0 Å². The van der Waals surface area contributed by atoms with E-state index in [4.69, 9.17) is 9.84 Å². The van der Waals surface area contributed by atoms with E-state index in [0.717, 1.165) is 6.20 Å². The highest BCUT2D eigenvalue weighted by atomic mass is 16.6. The molecule has 1 aromatic heterocycles. The topological polar surface area (TPSA) is 118 Å². The Bertz CT molecular complexity index is 695. The Labute approximate surface area is 119 Å². The smallest absolute Gasteiger partial charge is 0.340 e. The van der Waals surface area contributed by atoms with Crippen molar-refractivity contribution in [2.75, 3.05) is 7.11 Å². The number of carboxylic acids is 1. The minimum absolute atomic E-state index is 0.226. The summed E-state index contributed by atoms with van der Waals surface area (Å²) in [5.41, 5.74) is 0.949. The maximum atomic E-state index is 11.2. The molecule has 0 aliphatic rings. The lowest BCUT2D eigenvalue weighted by molar-refractivity contribution is -0.389. The van der Waals surface area contributed by atoms with E-state index in [0.29, 0.717) is 16.9 Å². The van der Waals surface area contributed by atoms with Crippen LogP contribution in [0.1, 0.15) is 18.4 Å². The number of H-pyrrole nitrogens is 1. The Morgan fingerprint density at radius 3 is 2.76 bits per heavy atom. The van der Waals surface area contributed by atoms with Gasteiger partial charge in [-0.15, -0.1) is 0 Å². The molecule has 0 aliphatic carbocycles. The molecule has 8 nitrogen and oxygen atoms in total. The van der Waals surface area contributed by atoms with Gasteiger partial charge in [-0.25, -0.2) is 9.97 Å². The minimum atomic E-state index is -0.998. The van der Waals surface area contributed by atoms with Crippen LogP contribution < -0.4 is 4.74 Å². The molecule has 0 amide bonds. The highest BCUT2D eigenvalue weighted by molar-refractivity contribution is 5.80. The van der Waals surface area contributed by atoms with Crippen LogP contribution in [-0.4, -0.2) is 33.1 Å². The van der Waals surface area contributed by atoms with E-state index < -0.39 is 16.8 Å². The van der Waals surface area contributed by atoms with Gasteiger partial charge in [-0.3, -0.25) is 4.79 Å². The Morgan fingerprint density at radius 1 is 1.52 bits per heavy atom. The maximum Gasteiger partial charge on any atom is 0.340 e. The van der Waals surface area contributed by atoms with Gasteiger partial charge in [0.05, 0.1) is 13.0 Å². The summed E-state index contributed by atoms with van der Waals surface area (Å²) >= 11 is 0. The summed E-state index contributed by atoms with van der Waals surface area (Å²) in [6, 6.07) is 4.84. The molecule has 0 aliphatic heterocycles. The number of hydrogen-bond donors (Lipinski definition) is 2. The number of carboxylic acid groups (broad SMARTS) is 1. The third-order valence-corrected chi connectivity index (χ3v) is 3.11. The van der Waals surface area contributed by atoms with Gasteiger partial charge in [-0.1, -0.05) is 6.07 Å². The van der Waals surface area contributed by atoms with Gasteiger partial charge >= 0.3 is 11.8 Å². The predicted octanol–water partition coefficient (Wildman–Crippen LogP) is 2.18. The number of benzene rings is 1. The van der Waals surface area contributed by atoms with E-state index in [1.54, 1.807) is 18.2 Å². The number of ether oxygens (including phenoxy) is 1. The summed E-state index contributed by atoms with van der Waals surface area (Å²) < 4.78 is 5.10. The number of nitro groups is 1. The van der Waals surface area contributed by atoms with Crippen LogP contribution in [0.3, 0.4) is 0 Å². The van der Waals surface area contributed by atoms with Gasteiger partial charge in [-0.05, 0) is 29.5 Å². The van der Waals surface area contributed by atoms with Gasteiger partial charge in [0.1, 0.15) is 11.9 Å². The summed E-state index contributed by atoms with van der Waals surface area (Å²) in [7, 11) is 1.48. The van der Waals surface area contributed by atoms with E-state index in [1.807, 2.05) is 0 Å². The fourth-order valence-electron chi connectivity index (χ4n) is 1.92. The largest absolute Gasteiger partial charge is 0.497 e. The van der Waals surface area contributed by atoms with Gasteiger partial charge in [0.2, 0.25) is 5.82 Å². The van der Waals surface area contributed by atoms with Crippen LogP contribution in [0, 0.1) is 10.1 Å². The Morgan fingerprint density at radius 2 is 2.24 bits per heavy atom. The molecule has 0 bridgehead atoms. The average Bonchev–Trinajstić information content (AvgIpc) is 2.95. The number of nitrogens with zero attached hydrogens (tertiary/aromatic N) is 2. The second-order valence-electron chi connectivity index (χ2n) is 4.39. The summed E-state index contributed by atoms with van der Waals surface area (Å²) in [6.45, 7) is 1.53. The SMILES string of the molecule is COc1ccc(C(C)C(=O)O)c(-c2ncc([N+](=O)[O-])[nH]2)c1. The van der Waals surface area contributed by atoms with Crippen molar-refractivity contribution in [3.05, 3.63) is 40.1 Å². The van der Waals surface area contributed by atoms with E-state index in [-0.39, 0.29) is 11.6 Å². The van der Waals surface area contributed by atoms with Crippen molar-refractivity contribution < 1.29 is 19.6 Å². The molecule has 1 aromatic carbocycles. The van der Waals surface area contributed by atoms with Crippen molar-refractivity contribution in [2.45, 2.75) is 12.8 Å². The molecule has 2 N–H and O–H groups in total. The van der Waals surface area contributed by atoms with Crippen molar-refractivity contribution in [2.24, 2.45) is 0 Å². The standard InChI is InChI=1S/C13H13N3O5/c1-7(13(17)18)9-4-3-8(21-2)5-10(9)12-14-6-11(15-12)16(19)20/h3-7H,1-2H3,(H,14,15)(H,17,18). The molecule has 2 rings (SSSR count). The van der Waals surface area contributed by atoms with Crippen molar-refractivity contribution in [1.82, 2.24) is 9.97 Å². The molecule has 1 heterocycles. The molecule has 0 saturated carbocycles. The van der Waals surface area contributed by atoms with Crippen LogP contribution in [0.4, 0.5) is 5.82 Å². The molecule has 0 saturated heterocycles. The second kappa shape index (κ2) is 5.61. The number of hydrogen-bond acceptors (Lipinski definition) is 5. The van der Waals surface area contributed by atoms with E-state index in [1.165, 1.54) is 14.0 Å². The number of aliphatic carboxylic acids is 1. The Hall–Kier alpha value is -2.90. The van der Waals surface area contributed by atoms with E-state index in [9.17, 15) is 14.9 Å². The van der Waals surface area contributed by atoms with Gasteiger partial charge < -0.3 is 20.0 Å². The lowest BCUT2D eigenvalue weighted by Gasteiger charge is -2.12. The molecule has 110 valence electrons. The normalized spacial score (nSPS) is 11.9. The molecular weight excluding hydrogens is 278 g/mol. The number of methoxy groups -OCH3 is 1. The molecule has 0 spiro atoms. The predicted molar refractivity (Wildman–Crippen MR) is 73.3 cm³/mol.